The molecule has 4 heteroatoms. The van der Waals surface area contributed by atoms with E-state index in [2.05, 4.69) is 0 Å². The van der Waals surface area contributed by atoms with Crippen LogP contribution in [0.2, 0.25) is 0 Å². The lowest BCUT2D eigenvalue weighted by Crippen LogP contribution is -2.49. The van der Waals surface area contributed by atoms with Crippen molar-refractivity contribution in [1.29, 1.82) is 0 Å². The Morgan fingerprint density at radius 2 is 1.80 bits per heavy atom. The van der Waals surface area contributed by atoms with E-state index in [1.807, 2.05) is 0 Å². The molecule has 0 aromatic rings. The minimum atomic E-state index is -2.57. The fourth-order valence-electron chi connectivity index (χ4n) is 1.19. The Morgan fingerprint density at radius 3 is 2.20 bits per heavy atom. The molecule has 1 saturated carbocycles. The topological polar surface area (TPSA) is 52.0 Å². The Morgan fingerprint density at radius 1 is 1.20 bits per heavy atom. The number of halogens is 2. The van der Waals surface area contributed by atoms with Gasteiger partial charge in [-0.3, -0.25) is 0 Å². The van der Waals surface area contributed by atoms with Crippen molar-refractivity contribution in [3.63, 3.8) is 0 Å². The maximum atomic E-state index is 12.5. The molecule has 1 fully saturated rings. The van der Waals surface area contributed by atoms with E-state index in [0.29, 0.717) is 6.42 Å². The average molecular weight is 150 g/mol. The lowest BCUT2D eigenvalue weighted by molar-refractivity contribution is -0.0439. The molecule has 2 atom stereocenters. The molecule has 1 aliphatic rings. The molecule has 0 saturated heterocycles. The molecule has 4 N–H and O–H groups in total. The zero-order valence-corrected chi connectivity index (χ0v) is 5.69. The van der Waals surface area contributed by atoms with Gasteiger partial charge in [-0.05, 0) is 6.42 Å². The summed E-state index contributed by atoms with van der Waals surface area (Å²) >= 11 is 0. The molecular formula is C6H12F2N2. The highest BCUT2D eigenvalue weighted by atomic mass is 19.3. The summed E-state index contributed by atoms with van der Waals surface area (Å²) in [5, 5.41) is 0. The molecule has 10 heavy (non-hydrogen) atoms. The van der Waals surface area contributed by atoms with Gasteiger partial charge in [0.05, 0.1) is 0 Å². The van der Waals surface area contributed by atoms with Crippen molar-refractivity contribution in [3.8, 4) is 0 Å². The minimum absolute atomic E-state index is 0.109. The fraction of sp³-hybridized carbons (Fsp3) is 1.00. The van der Waals surface area contributed by atoms with Gasteiger partial charge in [0.25, 0.3) is 0 Å². The molecule has 0 unspecified atom stereocenters. The molecule has 0 aliphatic heterocycles. The largest absolute Gasteiger partial charge is 0.326 e. The van der Waals surface area contributed by atoms with E-state index in [9.17, 15) is 8.78 Å². The SMILES string of the molecule is N[C@@H]1CCC(F)(F)C[C@@H]1N. The van der Waals surface area contributed by atoms with E-state index in [1.165, 1.54) is 0 Å². The van der Waals surface area contributed by atoms with E-state index in [4.69, 9.17) is 11.5 Å². The van der Waals surface area contributed by atoms with Crippen molar-refractivity contribution in [2.75, 3.05) is 0 Å². The van der Waals surface area contributed by atoms with Crippen molar-refractivity contribution in [2.45, 2.75) is 37.3 Å². The predicted molar refractivity (Wildman–Crippen MR) is 34.7 cm³/mol. The Labute approximate surface area is 58.6 Å². The van der Waals surface area contributed by atoms with Crippen molar-refractivity contribution >= 4 is 0 Å². The summed E-state index contributed by atoms with van der Waals surface area (Å²) in [7, 11) is 0. The summed E-state index contributed by atoms with van der Waals surface area (Å²) in [5.41, 5.74) is 10.8. The Bertz CT molecular complexity index is 127. The molecule has 0 amide bonds. The van der Waals surface area contributed by atoms with Crippen LogP contribution in [0.3, 0.4) is 0 Å². The highest BCUT2D eigenvalue weighted by Gasteiger charge is 2.38. The normalized spacial score (nSPS) is 39.6. The monoisotopic (exact) mass is 150 g/mol. The van der Waals surface area contributed by atoms with E-state index in [0.717, 1.165) is 0 Å². The van der Waals surface area contributed by atoms with Crippen molar-refractivity contribution < 1.29 is 8.78 Å². The van der Waals surface area contributed by atoms with Crippen LogP contribution in [0, 0.1) is 0 Å². The highest BCUT2D eigenvalue weighted by molar-refractivity contribution is 4.88. The van der Waals surface area contributed by atoms with Crippen molar-refractivity contribution in [2.24, 2.45) is 11.5 Å². The molecule has 2 nitrogen and oxygen atoms in total. The lowest BCUT2D eigenvalue weighted by Gasteiger charge is -2.31. The van der Waals surface area contributed by atoms with Crippen LogP contribution in [0.4, 0.5) is 8.78 Å². The van der Waals surface area contributed by atoms with Crippen LogP contribution in [-0.4, -0.2) is 18.0 Å². The van der Waals surface area contributed by atoms with E-state index in [1.54, 1.807) is 0 Å². The molecule has 0 spiro atoms. The van der Waals surface area contributed by atoms with Crippen LogP contribution in [0.25, 0.3) is 0 Å². The zero-order valence-electron chi connectivity index (χ0n) is 5.69. The Kier molecular flexibility index (Phi) is 1.92. The van der Waals surface area contributed by atoms with Crippen LogP contribution in [0.5, 0.6) is 0 Å². The number of rotatable bonds is 0. The maximum Gasteiger partial charge on any atom is 0.249 e. The Balaban J connectivity index is 2.49. The number of hydrogen-bond acceptors (Lipinski definition) is 2. The van der Waals surface area contributed by atoms with Gasteiger partial charge in [0, 0.05) is 24.9 Å². The molecule has 1 rings (SSSR count). The summed E-state index contributed by atoms with van der Waals surface area (Å²) in [6, 6.07) is -0.761. The van der Waals surface area contributed by atoms with E-state index < -0.39 is 12.0 Å². The number of hydrogen-bond donors (Lipinski definition) is 2. The second-order valence-corrected chi connectivity index (χ2v) is 2.93. The summed E-state index contributed by atoms with van der Waals surface area (Å²) in [4.78, 5) is 0. The van der Waals surface area contributed by atoms with Crippen LogP contribution in [0.1, 0.15) is 19.3 Å². The molecular weight excluding hydrogens is 138 g/mol. The molecule has 0 aromatic carbocycles. The van der Waals surface area contributed by atoms with Crippen LogP contribution in [-0.2, 0) is 0 Å². The standard InChI is InChI=1S/C6H12F2N2/c7-6(8)2-1-4(9)5(10)3-6/h4-5H,1-3,9-10H2/t4-,5+/m1/s1. The lowest BCUT2D eigenvalue weighted by atomic mass is 9.89. The molecule has 0 bridgehead atoms. The maximum absolute atomic E-state index is 12.5. The smallest absolute Gasteiger partial charge is 0.249 e. The van der Waals surface area contributed by atoms with Gasteiger partial charge in [-0.15, -0.1) is 0 Å². The first kappa shape index (κ1) is 7.88. The van der Waals surface area contributed by atoms with Crippen LogP contribution in [0.15, 0.2) is 0 Å². The van der Waals surface area contributed by atoms with Gasteiger partial charge < -0.3 is 11.5 Å². The summed E-state index contributed by atoms with van der Waals surface area (Å²) < 4.78 is 25.0. The van der Waals surface area contributed by atoms with Crippen LogP contribution < -0.4 is 11.5 Å². The van der Waals surface area contributed by atoms with Gasteiger partial charge in [0.15, 0.2) is 0 Å². The number of alkyl halides is 2. The molecule has 0 heterocycles. The molecule has 0 radical (unpaired) electrons. The quantitative estimate of drug-likeness (QED) is 0.527. The van der Waals surface area contributed by atoms with Crippen molar-refractivity contribution in [1.82, 2.24) is 0 Å². The first-order chi connectivity index (χ1) is 4.51. The van der Waals surface area contributed by atoms with Gasteiger partial charge >= 0.3 is 0 Å². The van der Waals surface area contributed by atoms with Gasteiger partial charge in [-0.1, -0.05) is 0 Å². The van der Waals surface area contributed by atoms with Crippen molar-refractivity contribution in [3.05, 3.63) is 0 Å². The first-order valence-electron chi connectivity index (χ1n) is 3.40. The highest BCUT2D eigenvalue weighted by Crippen LogP contribution is 2.31. The van der Waals surface area contributed by atoms with E-state index in [-0.39, 0.29) is 18.9 Å². The number of nitrogens with two attached hydrogens (primary N) is 2. The summed E-state index contributed by atoms with van der Waals surface area (Å²) in [5.74, 6) is -2.57. The predicted octanol–water partition coefficient (Wildman–Crippen LogP) is 0.460. The van der Waals surface area contributed by atoms with Crippen LogP contribution >= 0.6 is 0 Å². The fourth-order valence-corrected chi connectivity index (χ4v) is 1.19. The second-order valence-electron chi connectivity index (χ2n) is 2.93. The summed E-state index contributed by atoms with van der Waals surface area (Å²) in [6.07, 6.45) is -0.0236. The Hall–Kier alpha value is -0.220. The van der Waals surface area contributed by atoms with Gasteiger partial charge in [0.2, 0.25) is 5.92 Å². The first-order valence-corrected chi connectivity index (χ1v) is 3.40. The zero-order chi connectivity index (χ0) is 7.78. The second kappa shape index (κ2) is 2.43. The summed E-state index contributed by atoms with van der Waals surface area (Å²) in [6.45, 7) is 0. The third-order valence-electron chi connectivity index (χ3n) is 1.93. The van der Waals surface area contributed by atoms with E-state index >= 15 is 0 Å². The average Bonchev–Trinajstić information content (AvgIpc) is 1.79. The third-order valence-corrected chi connectivity index (χ3v) is 1.93. The molecule has 1 aliphatic carbocycles. The third kappa shape index (κ3) is 1.64. The molecule has 0 aromatic heterocycles. The molecule has 60 valence electrons. The van der Waals surface area contributed by atoms with Gasteiger partial charge in [0.1, 0.15) is 0 Å². The van der Waals surface area contributed by atoms with Gasteiger partial charge in [-0.2, -0.15) is 0 Å². The minimum Gasteiger partial charge on any atom is -0.326 e. The van der Waals surface area contributed by atoms with Gasteiger partial charge in [-0.25, -0.2) is 8.78 Å².